The average Bonchev–Trinajstić information content (AvgIpc) is 2.75. The second kappa shape index (κ2) is 9.85. The van der Waals surface area contributed by atoms with Crippen LogP contribution in [0.3, 0.4) is 0 Å². The average molecular weight is 647 g/mol. The highest BCUT2D eigenvalue weighted by Gasteiger charge is 2.49. The summed E-state index contributed by atoms with van der Waals surface area (Å²) in [4.78, 5) is 9.17. The fourth-order valence-electron chi connectivity index (χ4n) is 5.31. The van der Waals surface area contributed by atoms with Crippen molar-refractivity contribution in [2.75, 3.05) is 0 Å². The van der Waals surface area contributed by atoms with Crippen LogP contribution in [-0.4, -0.2) is 23.4 Å². The van der Waals surface area contributed by atoms with Crippen LogP contribution in [0.25, 0.3) is 0 Å². The van der Waals surface area contributed by atoms with E-state index in [2.05, 4.69) is 61.4 Å². The van der Waals surface area contributed by atoms with Crippen molar-refractivity contribution in [1.82, 2.24) is 9.97 Å². The normalized spacial score (nSPS) is 20.6. The molecular weight excluding hydrogens is 608 g/mol. The van der Waals surface area contributed by atoms with Gasteiger partial charge < -0.3 is 9.53 Å². The Labute approximate surface area is 233 Å². The topological polar surface area (TPSA) is 55.2 Å². The van der Waals surface area contributed by atoms with Crippen LogP contribution in [0.1, 0.15) is 112 Å². The molecule has 2 aromatic heterocycles. The van der Waals surface area contributed by atoms with Gasteiger partial charge in [-0.25, -0.2) is 0 Å². The van der Waals surface area contributed by atoms with Crippen LogP contribution in [-0.2, 0) is 17.0 Å². The van der Waals surface area contributed by atoms with Crippen LogP contribution < -0.4 is 0 Å². The van der Waals surface area contributed by atoms with Gasteiger partial charge in [0.25, 0.3) is 0 Å². The van der Waals surface area contributed by atoms with Crippen LogP contribution in [0.2, 0.25) is 18.1 Å². The molecule has 1 N–H and O–H groups in total. The van der Waals surface area contributed by atoms with Gasteiger partial charge in [-0.2, -0.15) is 13.2 Å². The van der Waals surface area contributed by atoms with Gasteiger partial charge in [-0.3, -0.25) is 9.97 Å². The zero-order valence-electron chi connectivity index (χ0n) is 22.8. The number of alkyl halides is 3. The van der Waals surface area contributed by atoms with Gasteiger partial charge in [-0.1, -0.05) is 41.0 Å². The van der Waals surface area contributed by atoms with Crippen LogP contribution in [0, 0.1) is 8.99 Å². The number of aliphatic hydroxyl groups is 1. The third kappa shape index (κ3) is 5.52. The maximum Gasteiger partial charge on any atom is 0.417 e. The summed E-state index contributed by atoms with van der Waals surface area (Å²) in [5, 5.41) is 11.5. The summed E-state index contributed by atoms with van der Waals surface area (Å²) in [5.74, 6) is 0.0249. The van der Waals surface area contributed by atoms with E-state index in [4.69, 9.17) is 9.41 Å². The maximum atomic E-state index is 13.1. The van der Waals surface area contributed by atoms with Crippen molar-refractivity contribution in [3.05, 3.63) is 55.7 Å². The number of fused-ring (bicyclic) bond motifs is 1. The second-order valence-electron chi connectivity index (χ2n) is 12.7. The predicted molar refractivity (Wildman–Crippen MR) is 150 cm³/mol. The van der Waals surface area contributed by atoms with E-state index in [0.717, 1.165) is 45.6 Å². The molecule has 2 atom stereocenters. The van der Waals surface area contributed by atoms with Gasteiger partial charge in [0.15, 0.2) is 8.32 Å². The van der Waals surface area contributed by atoms with Gasteiger partial charge in [-0.15, -0.1) is 0 Å². The molecule has 9 heteroatoms. The number of pyridine rings is 2. The number of aliphatic hydroxyl groups excluding tert-OH is 1. The molecule has 204 valence electrons. The Hall–Kier alpha value is -1.04. The molecule has 0 saturated heterocycles. The Morgan fingerprint density at radius 2 is 1.81 bits per heavy atom. The van der Waals surface area contributed by atoms with E-state index in [1.165, 1.54) is 25.3 Å². The quantitative estimate of drug-likeness (QED) is 0.262. The number of rotatable bonds is 5. The molecule has 0 aromatic carbocycles. The van der Waals surface area contributed by atoms with Crippen molar-refractivity contribution in [1.29, 1.82) is 0 Å². The van der Waals surface area contributed by atoms with Gasteiger partial charge in [0.05, 0.1) is 23.1 Å². The molecule has 2 aliphatic carbocycles. The zero-order chi connectivity index (χ0) is 27.6. The summed E-state index contributed by atoms with van der Waals surface area (Å²) >= 11 is 2.30. The minimum atomic E-state index is -4.48. The molecule has 4 nitrogen and oxygen atoms in total. The Morgan fingerprint density at radius 1 is 1.16 bits per heavy atom. The Morgan fingerprint density at radius 3 is 2.27 bits per heavy atom. The number of nitrogens with zero attached hydrogens (tertiary/aromatic N) is 2. The highest BCUT2D eigenvalue weighted by Crippen LogP contribution is 2.57. The number of hydrogen-bond donors (Lipinski definition) is 1. The third-order valence-electron chi connectivity index (χ3n) is 8.67. The molecule has 4 rings (SSSR count). The molecule has 0 aliphatic heterocycles. The summed E-state index contributed by atoms with van der Waals surface area (Å²) in [6, 6.07) is 2.24. The van der Waals surface area contributed by atoms with Gasteiger partial charge in [0.1, 0.15) is 6.10 Å². The Bertz CT molecular complexity index is 1160. The molecule has 2 heterocycles. The first-order valence-corrected chi connectivity index (χ1v) is 17.1. The summed E-state index contributed by atoms with van der Waals surface area (Å²) < 4.78 is 47.3. The highest BCUT2D eigenvalue weighted by atomic mass is 127. The molecule has 1 saturated carbocycles. The molecular formula is C28H38F3IN2O2Si. The molecule has 0 radical (unpaired) electrons. The maximum absolute atomic E-state index is 13.1. The van der Waals surface area contributed by atoms with Crippen LogP contribution in [0.15, 0.2) is 18.3 Å². The summed E-state index contributed by atoms with van der Waals surface area (Å²) in [6.45, 7) is 15.3. The van der Waals surface area contributed by atoms with E-state index in [1.54, 1.807) is 0 Å². The molecule has 37 heavy (non-hydrogen) atoms. The molecule has 0 bridgehead atoms. The standard InChI is InChI=1S/C28H38F3IN2O2Si/c1-16(2)24-22(25(35)18-10-9-17(15-33-18)28(29,30)31)23(32)21-19(34-24)13-27(11-8-12-27)14-20(21)36-37(6,7)26(3,4)5/h9-10,15-16,20,25,35H,8,11-14H2,1-7H3/t20-,25?/m1/s1. The van der Waals surface area contributed by atoms with Crippen molar-refractivity contribution >= 4 is 30.9 Å². The molecule has 0 amide bonds. The van der Waals surface area contributed by atoms with Gasteiger partial charge in [0, 0.05) is 26.6 Å². The van der Waals surface area contributed by atoms with Crippen molar-refractivity contribution in [3.63, 3.8) is 0 Å². The Kier molecular flexibility index (Phi) is 7.71. The zero-order valence-corrected chi connectivity index (χ0v) is 25.9. The number of halogens is 4. The molecule has 2 aromatic rings. The number of aromatic nitrogens is 2. The van der Waals surface area contributed by atoms with E-state index in [0.29, 0.717) is 5.56 Å². The van der Waals surface area contributed by atoms with E-state index in [-0.39, 0.29) is 28.2 Å². The largest absolute Gasteiger partial charge is 0.417 e. The molecule has 2 aliphatic rings. The summed E-state index contributed by atoms with van der Waals surface area (Å²) in [6.07, 6.45) is 0.451. The minimum absolute atomic E-state index is 0.0249. The molecule has 1 fully saturated rings. The van der Waals surface area contributed by atoms with Gasteiger partial charge in [-0.05, 0) is 89.9 Å². The van der Waals surface area contributed by atoms with Crippen LogP contribution in [0.5, 0.6) is 0 Å². The van der Waals surface area contributed by atoms with Crippen molar-refractivity contribution < 1.29 is 22.7 Å². The summed E-state index contributed by atoms with van der Waals surface area (Å²) in [7, 11) is -2.12. The minimum Gasteiger partial charge on any atom is -0.410 e. The lowest BCUT2D eigenvalue weighted by Gasteiger charge is -2.50. The first-order chi connectivity index (χ1) is 17.0. The summed E-state index contributed by atoms with van der Waals surface area (Å²) in [5.41, 5.74) is 3.09. The highest BCUT2D eigenvalue weighted by molar-refractivity contribution is 14.1. The lowest BCUT2D eigenvalue weighted by molar-refractivity contribution is -0.137. The van der Waals surface area contributed by atoms with E-state index < -0.39 is 26.2 Å². The first-order valence-electron chi connectivity index (χ1n) is 13.1. The fourth-order valence-corrected chi connectivity index (χ4v) is 7.80. The smallest absolute Gasteiger partial charge is 0.410 e. The monoisotopic (exact) mass is 646 g/mol. The number of hydrogen-bond acceptors (Lipinski definition) is 4. The van der Waals surface area contributed by atoms with E-state index >= 15 is 0 Å². The van der Waals surface area contributed by atoms with E-state index in [1.807, 2.05) is 13.8 Å². The lowest BCUT2D eigenvalue weighted by atomic mass is 9.59. The van der Waals surface area contributed by atoms with Crippen molar-refractivity contribution in [2.24, 2.45) is 5.41 Å². The van der Waals surface area contributed by atoms with Crippen LogP contribution in [0.4, 0.5) is 13.2 Å². The second-order valence-corrected chi connectivity index (χ2v) is 18.5. The Balaban J connectivity index is 1.84. The predicted octanol–water partition coefficient (Wildman–Crippen LogP) is 8.48. The van der Waals surface area contributed by atoms with Crippen LogP contribution >= 0.6 is 22.6 Å². The molecule has 1 spiro atoms. The van der Waals surface area contributed by atoms with Gasteiger partial charge >= 0.3 is 6.18 Å². The van der Waals surface area contributed by atoms with E-state index in [9.17, 15) is 18.3 Å². The van der Waals surface area contributed by atoms with Crippen molar-refractivity contribution in [3.8, 4) is 0 Å². The lowest BCUT2D eigenvalue weighted by Crippen LogP contribution is -2.46. The molecule has 1 unspecified atom stereocenters. The first kappa shape index (κ1) is 29.0. The van der Waals surface area contributed by atoms with Gasteiger partial charge in [0.2, 0.25) is 0 Å². The van der Waals surface area contributed by atoms with Crippen molar-refractivity contribution in [2.45, 2.75) is 109 Å². The SMILES string of the molecule is CC(C)c1nc2c(c(I)c1C(O)c1ccc(C(F)(F)F)cn1)[C@H](O[Si](C)(C)C(C)(C)C)CC1(CCC1)C2. The fraction of sp³-hybridized carbons (Fsp3) is 0.643. The third-order valence-corrected chi connectivity index (χ3v) is 14.3.